The molecular formula is C18H14ClN3O3S. The molecule has 6 nitrogen and oxygen atoms in total. The first-order chi connectivity index (χ1) is 12.5. The minimum atomic E-state index is -1.17. The molecule has 8 heteroatoms. The van der Waals surface area contributed by atoms with Crippen LogP contribution in [0.3, 0.4) is 0 Å². The van der Waals surface area contributed by atoms with E-state index in [1.807, 2.05) is 6.07 Å². The van der Waals surface area contributed by atoms with Crippen molar-refractivity contribution in [1.29, 1.82) is 5.26 Å². The SMILES string of the molecule is N#Cc1cc2c(nc1SCC(=O)Nc1ccc(Cl)c(C(=O)O)c1)CCC2. The fourth-order valence-electron chi connectivity index (χ4n) is 2.74. The lowest BCUT2D eigenvalue weighted by atomic mass is 10.2. The van der Waals surface area contributed by atoms with Crippen LogP contribution in [-0.2, 0) is 17.6 Å². The number of aromatic carboxylic acids is 1. The quantitative estimate of drug-likeness (QED) is 0.761. The Kier molecular flexibility index (Phi) is 5.45. The summed E-state index contributed by atoms with van der Waals surface area (Å²) in [6, 6.07) is 8.25. The number of aryl methyl sites for hydroxylation is 2. The number of carbonyl (C=O) groups excluding carboxylic acids is 1. The van der Waals surface area contributed by atoms with Gasteiger partial charge in [0.1, 0.15) is 11.1 Å². The zero-order valence-electron chi connectivity index (χ0n) is 13.6. The monoisotopic (exact) mass is 387 g/mol. The molecule has 0 aliphatic heterocycles. The molecule has 0 spiro atoms. The average molecular weight is 388 g/mol. The van der Waals surface area contributed by atoms with Crippen molar-refractivity contribution in [3.63, 3.8) is 0 Å². The first kappa shape index (κ1) is 18.2. The zero-order valence-corrected chi connectivity index (χ0v) is 15.2. The number of halogens is 1. The second-order valence-corrected chi connectivity index (χ2v) is 7.12. The highest BCUT2D eigenvalue weighted by Crippen LogP contribution is 2.28. The number of amides is 1. The highest BCUT2D eigenvalue weighted by molar-refractivity contribution is 8.00. The molecule has 0 fully saturated rings. The van der Waals surface area contributed by atoms with Gasteiger partial charge < -0.3 is 10.4 Å². The van der Waals surface area contributed by atoms with Gasteiger partial charge in [-0.15, -0.1) is 0 Å². The Labute approximate surface area is 159 Å². The molecule has 0 saturated heterocycles. The van der Waals surface area contributed by atoms with Gasteiger partial charge in [0, 0.05) is 11.4 Å². The Morgan fingerprint density at radius 2 is 2.15 bits per heavy atom. The summed E-state index contributed by atoms with van der Waals surface area (Å²) in [7, 11) is 0. The maximum atomic E-state index is 12.2. The van der Waals surface area contributed by atoms with Gasteiger partial charge in [-0.1, -0.05) is 23.4 Å². The summed E-state index contributed by atoms with van der Waals surface area (Å²) in [5.74, 6) is -1.42. The van der Waals surface area contributed by atoms with Crippen molar-refractivity contribution in [2.75, 3.05) is 11.1 Å². The highest BCUT2D eigenvalue weighted by Gasteiger charge is 2.18. The standard InChI is InChI=1S/C18H14ClN3O3S/c19-14-5-4-12(7-13(14)18(24)25)21-16(23)9-26-17-11(8-20)6-10-2-1-3-15(10)22-17/h4-7H,1-3,9H2,(H,21,23)(H,24,25). The third kappa shape index (κ3) is 3.98. The van der Waals surface area contributed by atoms with Crippen molar-refractivity contribution in [2.24, 2.45) is 0 Å². The number of hydrogen-bond donors (Lipinski definition) is 2. The molecule has 0 radical (unpaired) electrons. The van der Waals surface area contributed by atoms with Crippen molar-refractivity contribution < 1.29 is 14.7 Å². The van der Waals surface area contributed by atoms with E-state index in [1.165, 1.54) is 30.0 Å². The number of aromatic nitrogens is 1. The van der Waals surface area contributed by atoms with Gasteiger partial charge >= 0.3 is 5.97 Å². The number of fused-ring (bicyclic) bond motifs is 1. The number of carboxylic acids is 1. The molecule has 26 heavy (non-hydrogen) atoms. The molecule has 132 valence electrons. The molecule has 1 aliphatic rings. The first-order valence-electron chi connectivity index (χ1n) is 7.86. The number of nitrogens with one attached hydrogen (secondary N) is 1. The summed E-state index contributed by atoms with van der Waals surface area (Å²) in [6.07, 6.45) is 2.86. The van der Waals surface area contributed by atoms with Crippen LogP contribution in [0.25, 0.3) is 0 Å². The second-order valence-electron chi connectivity index (χ2n) is 5.75. The smallest absolute Gasteiger partial charge is 0.337 e. The number of thioether (sulfide) groups is 1. The van der Waals surface area contributed by atoms with Gasteiger partial charge in [-0.3, -0.25) is 4.79 Å². The lowest BCUT2D eigenvalue weighted by Gasteiger charge is -2.08. The van der Waals surface area contributed by atoms with E-state index in [-0.39, 0.29) is 22.2 Å². The van der Waals surface area contributed by atoms with Crippen molar-refractivity contribution in [3.8, 4) is 6.07 Å². The van der Waals surface area contributed by atoms with E-state index < -0.39 is 5.97 Å². The van der Waals surface area contributed by atoms with E-state index in [9.17, 15) is 14.9 Å². The maximum absolute atomic E-state index is 12.2. The summed E-state index contributed by atoms with van der Waals surface area (Å²) in [5.41, 5.74) is 2.85. The van der Waals surface area contributed by atoms with Gasteiger partial charge in [-0.25, -0.2) is 9.78 Å². The lowest BCUT2D eigenvalue weighted by Crippen LogP contribution is -2.15. The normalized spacial score (nSPS) is 12.3. The minimum Gasteiger partial charge on any atom is -0.478 e. The third-order valence-electron chi connectivity index (χ3n) is 3.96. The van der Waals surface area contributed by atoms with E-state index in [0.29, 0.717) is 16.3 Å². The molecule has 2 N–H and O–H groups in total. The van der Waals surface area contributed by atoms with Crippen LogP contribution in [0.2, 0.25) is 5.02 Å². The summed E-state index contributed by atoms with van der Waals surface area (Å²) in [6.45, 7) is 0. The van der Waals surface area contributed by atoms with E-state index in [0.717, 1.165) is 30.5 Å². The summed E-state index contributed by atoms with van der Waals surface area (Å²) >= 11 is 7.00. The molecule has 0 atom stereocenters. The molecule has 1 amide bonds. The van der Waals surface area contributed by atoms with Gasteiger partial charge in [0.15, 0.2) is 0 Å². The van der Waals surface area contributed by atoms with E-state index in [4.69, 9.17) is 16.7 Å². The van der Waals surface area contributed by atoms with Crippen LogP contribution in [0.4, 0.5) is 5.69 Å². The molecular weight excluding hydrogens is 374 g/mol. The number of carboxylic acid groups (broad SMARTS) is 1. The Bertz CT molecular complexity index is 940. The van der Waals surface area contributed by atoms with Gasteiger partial charge in [-0.05, 0) is 49.1 Å². The van der Waals surface area contributed by atoms with Crippen molar-refractivity contribution in [1.82, 2.24) is 4.98 Å². The molecule has 0 saturated carbocycles. The number of hydrogen-bond acceptors (Lipinski definition) is 5. The number of rotatable bonds is 5. The molecule has 1 aliphatic carbocycles. The Hall–Kier alpha value is -2.56. The lowest BCUT2D eigenvalue weighted by molar-refractivity contribution is -0.113. The van der Waals surface area contributed by atoms with Crippen molar-refractivity contribution in [2.45, 2.75) is 24.3 Å². The number of nitrogens with zero attached hydrogens (tertiary/aromatic N) is 2. The Balaban J connectivity index is 1.68. The second kappa shape index (κ2) is 7.77. The predicted molar refractivity (Wildman–Crippen MR) is 98.7 cm³/mol. The van der Waals surface area contributed by atoms with Crippen LogP contribution in [0.1, 0.15) is 33.6 Å². The zero-order chi connectivity index (χ0) is 18.7. The number of anilines is 1. The Morgan fingerprint density at radius 1 is 1.35 bits per heavy atom. The first-order valence-corrected chi connectivity index (χ1v) is 9.22. The minimum absolute atomic E-state index is 0.0610. The Morgan fingerprint density at radius 3 is 2.88 bits per heavy atom. The number of pyridine rings is 1. The summed E-state index contributed by atoms with van der Waals surface area (Å²) < 4.78 is 0. The maximum Gasteiger partial charge on any atom is 0.337 e. The van der Waals surface area contributed by atoms with Gasteiger partial charge in [0.25, 0.3) is 0 Å². The molecule has 3 rings (SSSR count). The number of nitriles is 1. The van der Waals surface area contributed by atoms with Crippen molar-refractivity contribution >= 4 is 40.9 Å². The van der Waals surface area contributed by atoms with Crippen LogP contribution < -0.4 is 5.32 Å². The van der Waals surface area contributed by atoms with E-state index in [2.05, 4.69) is 16.4 Å². The van der Waals surface area contributed by atoms with Crippen LogP contribution >= 0.6 is 23.4 Å². The highest BCUT2D eigenvalue weighted by atomic mass is 35.5. The predicted octanol–water partition coefficient (Wildman–Crippen LogP) is 3.52. The molecule has 2 aromatic rings. The third-order valence-corrected chi connectivity index (χ3v) is 5.28. The fraction of sp³-hybridized carbons (Fsp3) is 0.222. The van der Waals surface area contributed by atoms with Gasteiger partial charge in [0.2, 0.25) is 5.91 Å². The van der Waals surface area contributed by atoms with Gasteiger partial charge in [-0.2, -0.15) is 5.26 Å². The fourth-order valence-corrected chi connectivity index (χ4v) is 3.71. The van der Waals surface area contributed by atoms with Crippen LogP contribution in [0, 0.1) is 11.3 Å². The van der Waals surface area contributed by atoms with Crippen LogP contribution in [0.15, 0.2) is 29.3 Å². The summed E-state index contributed by atoms with van der Waals surface area (Å²) in [4.78, 5) is 27.8. The van der Waals surface area contributed by atoms with Crippen molar-refractivity contribution in [3.05, 3.63) is 51.7 Å². The average Bonchev–Trinajstić information content (AvgIpc) is 3.07. The van der Waals surface area contributed by atoms with E-state index >= 15 is 0 Å². The molecule has 0 bridgehead atoms. The topological polar surface area (TPSA) is 103 Å². The van der Waals surface area contributed by atoms with Crippen LogP contribution in [-0.4, -0.2) is 27.7 Å². The molecule has 1 aromatic carbocycles. The number of benzene rings is 1. The van der Waals surface area contributed by atoms with Crippen LogP contribution in [0.5, 0.6) is 0 Å². The molecule has 1 aromatic heterocycles. The molecule has 0 unspecified atom stereocenters. The van der Waals surface area contributed by atoms with E-state index in [1.54, 1.807) is 0 Å². The summed E-state index contributed by atoms with van der Waals surface area (Å²) in [5, 5.41) is 21.6. The largest absolute Gasteiger partial charge is 0.478 e. The molecule has 1 heterocycles. The van der Waals surface area contributed by atoms with Gasteiger partial charge in [0.05, 0.1) is 21.9 Å². The number of carbonyl (C=O) groups is 2.